The van der Waals surface area contributed by atoms with Crippen molar-refractivity contribution in [1.29, 1.82) is 0 Å². The minimum absolute atomic E-state index is 0.203. The van der Waals surface area contributed by atoms with Crippen LogP contribution in [0.3, 0.4) is 0 Å². The van der Waals surface area contributed by atoms with Crippen LogP contribution in [0.5, 0.6) is 11.5 Å². The van der Waals surface area contributed by atoms with Crippen LogP contribution in [0.4, 0.5) is 0 Å². The highest BCUT2D eigenvalue weighted by Gasteiger charge is 2.40. The van der Waals surface area contributed by atoms with Crippen molar-refractivity contribution in [3.05, 3.63) is 23.8 Å². The van der Waals surface area contributed by atoms with Gasteiger partial charge in [-0.1, -0.05) is 12.5 Å². The Morgan fingerprint density at radius 1 is 1.11 bits per heavy atom. The lowest BCUT2D eigenvalue weighted by molar-refractivity contribution is -0.149. The summed E-state index contributed by atoms with van der Waals surface area (Å²) in [4.78, 5) is 23.9. The maximum Gasteiger partial charge on any atom is 0.306 e. The largest absolute Gasteiger partial charge is 0.493 e. The zero-order valence-electron chi connectivity index (χ0n) is 16.2. The van der Waals surface area contributed by atoms with Crippen molar-refractivity contribution in [1.82, 2.24) is 5.32 Å². The Labute approximate surface area is 160 Å². The molecule has 6 nitrogen and oxygen atoms in total. The smallest absolute Gasteiger partial charge is 0.306 e. The van der Waals surface area contributed by atoms with Crippen LogP contribution in [0.15, 0.2) is 18.2 Å². The van der Waals surface area contributed by atoms with Gasteiger partial charge in [-0.25, -0.2) is 0 Å². The second-order valence-electron chi connectivity index (χ2n) is 7.59. The molecule has 0 saturated heterocycles. The molecule has 0 heterocycles. The van der Waals surface area contributed by atoms with Gasteiger partial charge < -0.3 is 19.5 Å². The number of nitrogens with one attached hydrogen (secondary N) is 1. The van der Waals surface area contributed by atoms with Crippen LogP contribution in [-0.4, -0.2) is 39.2 Å². The van der Waals surface area contributed by atoms with E-state index in [1.165, 1.54) is 19.3 Å². The summed E-state index contributed by atoms with van der Waals surface area (Å²) in [5, 5.41) is 2.79. The molecule has 3 atom stereocenters. The molecule has 0 aromatic heterocycles. The van der Waals surface area contributed by atoms with Crippen molar-refractivity contribution >= 4 is 11.9 Å². The van der Waals surface area contributed by atoms with E-state index in [4.69, 9.17) is 14.2 Å². The summed E-state index contributed by atoms with van der Waals surface area (Å²) in [6.07, 6.45) is 6.11. The van der Waals surface area contributed by atoms with Crippen LogP contribution >= 0.6 is 0 Å². The third kappa shape index (κ3) is 5.15. The van der Waals surface area contributed by atoms with E-state index in [9.17, 15) is 9.59 Å². The number of amides is 1. The van der Waals surface area contributed by atoms with E-state index in [0.29, 0.717) is 42.7 Å². The molecule has 3 rings (SSSR count). The van der Waals surface area contributed by atoms with E-state index in [1.807, 2.05) is 18.2 Å². The molecular formula is C21H29NO5. The van der Waals surface area contributed by atoms with E-state index in [2.05, 4.69) is 5.32 Å². The summed E-state index contributed by atoms with van der Waals surface area (Å²) in [6, 6.07) is 5.66. The van der Waals surface area contributed by atoms with Crippen molar-refractivity contribution in [2.24, 2.45) is 17.8 Å². The maximum absolute atomic E-state index is 12.0. The predicted octanol–water partition coefficient (Wildman–Crippen LogP) is 2.73. The lowest BCUT2D eigenvalue weighted by Gasteiger charge is -2.20. The molecule has 6 heteroatoms. The van der Waals surface area contributed by atoms with Crippen LogP contribution in [0, 0.1) is 17.8 Å². The fourth-order valence-corrected chi connectivity index (χ4v) is 4.48. The summed E-state index contributed by atoms with van der Waals surface area (Å²) in [5.74, 6) is 2.79. The standard InChI is InChI=1S/C21H29NO5/c1-25-18-6-4-14(11-19(18)26-2)7-8-22-20(23)13-27-21(24)12-17-10-15-3-5-16(17)9-15/h4,6,11,15-17H,3,5,7-10,12-13H2,1-2H3,(H,22,23)/t15-,16-,17-/m1/s1. The first-order chi connectivity index (χ1) is 13.1. The monoisotopic (exact) mass is 375 g/mol. The molecule has 2 saturated carbocycles. The molecule has 27 heavy (non-hydrogen) atoms. The Bertz CT molecular complexity index is 675. The molecule has 0 aliphatic heterocycles. The number of benzene rings is 1. The third-order valence-corrected chi connectivity index (χ3v) is 5.86. The Hall–Kier alpha value is -2.24. The van der Waals surface area contributed by atoms with E-state index in [1.54, 1.807) is 14.2 Å². The van der Waals surface area contributed by atoms with Gasteiger partial charge in [-0.05, 0) is 61.1 Å². The minimum atomic E-state index is -0.267. The van der Waals surface area contributed by atoms with Crippen LogP contribution in [0.2, 0.25) is 0 Å². The van der Waals surface area contributed by atoms with Gasteiger partial charge in [-0.15, -0.1) is 0 Å². The Morgan fingerprint density at radius 3 is 2.59 bits per heavy atom. The molecule has 1 N–H and O–H groups in total. The summed E-state index contributed by atoms with van der Waals surface area (Å²) >= 11 is 0. The first-order valence-electron chi connectivity index (χ1n) is 9.72. The fourth-order valence-electron chi connectivity index (χ4n) is 4.48. The molecule has 1 aromatic carbocycles. The van der Waals surface area contributed by atoms with Gasteiger partial charge in [-0.2, -0.15) is 0 Å². The summed E-state index contributed by atoms with van der Waals surface area (Å²) < 4.78 is 15.6. The van der Waals surface area contributed by atoms with Gasteiger partial charge in [-0.3, -0.25) is 9.59 Å². The van der Waals surface area contributed by atoms with Crippen LogP contribution in [0.1, 0.15) is 37.7 Å². The fraction of sp³-hybridized carbons (Fsp3) is 0.619. The number of rotatable bonds is 9. The number of esters is 1. The number of fused-ring (bicyclic) bond motifs is 2. The first-order valence-corrected chi connectivity index (χ1v) is 9.72. The van der Waals surface area contributed by atoms with Crippen molar-refractivity contribution in [3.8, 4) is 11.5 Å². The van der Waals surface area contributed by atoms with Gasteiger partial charge in [0, 0.05) is 13.0 Å². The van der Waals surface area contributed by atoms with Crippen molar-refractivity contribution < 1.29 is 23.8 Å². The first kappa shape index (κ1) is 19.5. The Morgan fingerprint density at radius 2 is 1.93 bits per heavy atom. The molecule has 0 spiro atoms. The van der Waals surface area contributed by atoms with Crippen LogP contribution in [0.25, 0.3) is 0 Å². The molecule has 148 valence electrons. The zero-order valence-corrected chi connectivity index (χ0v) is 16.2. The average Bonchev–Trinajstić information content (AvgIpc) is 3.29. The second-order valence-corrected chi connectivity index (χ2v) is 7.59. The van der Waals surface area contributed by atoms with Gasteiger partial charge in [0.05, 0.1) is 14.2 Å². The molecule has 2 aliphatic carbocycles. The van der Waals surface area contributed by atoms with Crippen LogP contribution < -0.4 is 14.8 Å². The molecule has 0 unspecified atom stereocenters. The maximum atomic E-state index is 12.0. The van der Waals surface area contributed by atoms with E-state index in [-0.39, 0.29) is 18.5 Å². The van der Waals surface area contributed by atoms with Crippen LogP contribution in [-0.2, 0) is 20.7 Å². The quantitative estimate of drug-likeness (QED) is 0.672. The van der Waals surface area contributed by atoms with Gasteiger partial charge in [0.15, 0.2) is 18.1 Å². The number of ether oxygens (including phenoxy) is 3. The molecular weight excluding hydrogens is 346 g/mol. The van der Waals surface area contributed by atoms with Crippen molar-refractivity contribution in [2.45, 2.75) is 38.5 Å². The molecule has 2 fully saturated rings. The molecule has 1 amide bonds. The normalized spacial score (nSPS) is 23.1. The minimum Gasteiger partial charge on any atom is -0.493 e. The number of carbonyl (C=O) groups is 2. The Balaban J connectivity index is 1.33. The number of hydrogen-bond donors (Lipinski definition) is 1. The highest BCUT2D eigenvalue weighted by Crippen LogP contribution is 2.49. The summed E-state index contributed by atoms with van der Waals surface area (Å²) in [7, 11) is 3.19. The van der Waals surface area contributed by atoms with E-state index in [0.717, 1.165) is 17.9 Å². The lowest BCUT2D eigenvalue weighted by atomic mass is 9.86. The second kappa shape index (κ2) is 9.11. The third-order valence-electron chi connectivity index (χ3n) is 5.86. The summed E-state index contributed by atoms with van der Waals surface area (Å²) in [6.45, 7) is 0.268. The molecule has 1 aromatic rings. The van der Waals surface area contributed by atoms with E-state index >= 15 is 0 Å². The Kier molecular flexibility index (Phi) is 6.58. The SMILES string of the molecule is COc1ccc(CCNC(=O)COC(=O)C[C@H]2C[C@@H]3CC[C@@H]2C3)cc1OC. The summed E-state index contributed by atoms with van der Waals surface area (Å²) in [5.41, 5.74) is 1.03. The zero-order chi connectivity index (χ0) is 19.2. The molecule has 0 radical (unpaired) electrons. The van der Waals surface area contributed by atoms with Gasteiger partial charge in [0.1, 0.15) is 0 Å². The van der Waals surface area contributed by atoms with Crippen molar-refractivity contribution in [2.75, 3.05) is 27.4 Å². The van der Waals surface area contributed by atoms with Gasteiger partial charge in [0.25, 0.3) is 5.91 Å². The van der Waals surface area contributed by atoms with Gasteiger partial charge >= 0.3 is 5.97 Å². The topological polar surface area (TPSA) is 73.9 Å². The highest BCUT2D eigenvalue weighted by molar-refractivity contribution is 5.80. The number of hydrogen-bond acceptors (Lipinski definition) is 5. The number of methoxy groups -OCH3 is 2. The van der Waals surface area contributed by atoms with Crippen molar-refractivity contribution in [3.63, 3.8) is 0 Å². The molecule has 2 aliphatic rings. The van der Waals surface area contributed by atoms with Gasteiger partial charge in [0.2, 0.25) is 0 Å². The number of carbonyl (C=O) groups excluding carboxylic acids is 2. The average molecular weight is 375 g/mol. The highest BCUT2D eigenvalue weighted by atomic mass is 16.5. The lowest BCUT2D eigenvalue weighted by Crippen LogP contribution is -2.31. The molecule has 2 bridgehead atoms. The van der Waals surface area contributed by atoms with E-state index < -0.39 is 0 Å². The predicted molar refractivity (Wildman–Crippen MR) is 101 cm³/mol.